The van der Waals surface area contributed by atoms with Crippen molar-refractivity contribution in [1.82, 2.24) is 20.0 Å². The minimum Gasteiger partial charge on any atom is -0.357 e. The van der Waals surface area contributed by atoms with E-state index in [9.17, 15) is 18.0 Å². The van der Waals surface area contributed by atoms with Crippen molar-refractivity contribution in [2.75, 3.05) is 45.8 Å². The first kappa shape index (κ1) is 21.9. The van der Waals surface area contributed by atoms with Crippen molar-refractivity contribution in [3.8, 4) is 0 Å². The molecule has 0 aromatic carbocycles. The summed E-state index contributed by atoms with van der Waals surface area (Å²) < 4.78 is 38.8. The summed E-state index contributed by atoms with van der Waals surface area (Å²) in [4.78, 5) is 23.6. The first-order chi connectivity index (χ1) is 13.8. The van der Waals surface area contributed by atoms with Crippen LogP contribution in [-0.2, 0) is 17.8 Å². The van der Waals surface area contributed by atoms with E-state index in [-0.39, 0.29) is 12.5 Å². The predicted molar refractivity (Wildman–Crippen MR) is 108 cm³/mol. The minimum absolute atomic E-state index is 0.0263. The van der Waals surface area contributed by atoms with Crippen LogP contribution in [0.2, 0.25) is 0 Å². The number of halogens is 3. The maximum atomic E-state index is 12.9. The van der Waals surface area contributed by atoms with Gasteiger partial charge in [-0.15, -0.1) is 11.3 Å². The van der Waals surface area contributed by atoms with E-state index >= 15 is 0 Å². The Morgan fingerprint density at radius 1 is 1.24 bits per heavy atom. The van der Waals surface area contributed by atoms with E-state index in [4.69, 9.17) is 0 Å². The van der Waals surface area contributed by atoms with Gasteiger partial charge in [0.05, 0.1) is 0 Å². The number of carbonyl (C=O) groups is 1. The standard InChI is InChI=1S/C19H28F3N5OS/c1-3-23-18(26-9-7-25(8-10-26)14(2)19(20,21)22)24-12-17(28)27-6-4-16-15(13-27)5-11-29-16/h5,11,14H,3-4,6-10,12-13H2,1-2H3,(H,23,24). The average Bonchev–Trinajstić information content (AvgIpc) is 3.17. The molecule has 162 valence electrons. The van der Waals surface area contributed by atoms with Crippen molar-refractivity contribution < 1.29 is 18.0 Å². The third-order valence-electron chi connectivity index (χ3n) is 5.49. The molecule has 1 aromatic heterocycles. The van der Waals surface area contributed by atoms with E-state index in [1.54, 1.807) is 11.3 Å². The van der Waals surface area contributed by atoms with Crippen molar-refractivity contribution in [3.05, 3.63) is 21.9 Å². The van der Waals surface area contributed by atoms with E-state index in [1.165, 1.54) is 22.3 Å². The van der Waals surface area contributed by atoms with Crippen molar-refractivity contribution in [2.45, 2.75) is 39.0 Å². The number of piperazine rings is 1. The number of nitrogens with zero attached hydrogens (tertiary/aromatic N) is 4. The van der Waals surface area contributed by atoms with Crippen LogP contribution in [0.15, 0.2) is 16.4 Å². The lowest BCUT2D eigenvalue weighted by Crippen LogP contribution is -2.56. The number of hydrogen-bond acceptors (Lipinski definition) is 4. The van der Waals surface area contributed by atoms with E-state index in [1.807, 2.05) is 16.7 Å². The van der Waals surface area contributed by atoms with Gasteiger partial charge in [-0.25, -0.2) is 4.99 Å². The molecule has 29 heavy (non-hydrogen) atoms. The lowest BCUT2D eigenvalue weighted by molar-refractivity contribution is -0.181. The molecule has 0 aliphatic carbocycles. The van der Waals surface area contributed by atoms with Crippen molar-refractivity contribution >= 4 is 23.2 Å². The van der Waals surface area contributed by atoms with Crippen LogP contribution in [0.5, 0.6) is 0 Å². The number of amides is 1. The molecule has 1 fully saturated rings. The van der Waals surface area contributed by atoms with Gasteiger partial charge >= 0.3 is 6.18 Å². The molecule has 1 N–H and O–H groups in total. The first-order valence-electron chi connectivity index (χ1n) is 9.96. The molecule has 0 radical (unpaired) electrons. The van der Waals surface area contributed by atoms with Crippen molar-refractivity contribution in [3.63, 3.8) is 0 Å². The molecule has 2 aliphatic rings. The van der Waals surface area contributed by atoms with Crippen LogP contribution in [0, 0.1) is 0 Å². The van der Waals surface area contributed by atoms with Crippen LogP contribution >= 0.6 is 11.3 Å². The van der Waals surface area contributed by atoms with Gasteiger partial charge in [-0.2, -0.15) is 13.2 Å². The van der Waals surface area contributed by atoms with E-state index in [0.29, 0.717) is 51.8 Å². The Labute approximate surface area is 173 Å². The fourth-order valence-electron chi connectivity index (χ4n) is 3.66. The molecular weight excluding hydrogens is 403 g/mol. The second-order valence-electron chi connectivity index (χ2n) is 7.35. The summed E-state index contributed by atoms with van der Waals surface area (Å²) >= 11 is 1.73. The van der Waals surface area contributed by atoms with Crippen LogP contribution in [0.3, 0.4) is 0 Å². The fourth-order valence-corrected chi connectivity index (χ4v) is 4.55. The van der Waals surface area contributed by atoms with Crippen LogP contribution in [0.4, 0.5) is 13.2 Å². The summed E-state index contributed by atoms with van der Waals surface area (Å²) in [7, 11) is 0. The van der Waals surface area contributed by atoms with Gasteiger partial charge in [-0.3, -0.25) is 9.69 Å². The molecule has 0 saturated carbocycles. The highest BCUT2D eigenvalue weighted by molar-refractivity contribution is 7.10. The van der Waals surface area contributed by atoms with Crippen molar-refractivity contribution in [1.29, 1.82) is 0 Å². The number of alkyl halides is 3. The highest BCUT2D eigenvalue weighted by Gasteiger charge is 2.41. The number of rotatable bonds is 4. The third-order valence-corrected chi connectivity index (χ3v) is 6.52. The molecular formula is C19H28F3N5OS. The molecule has 1 atom stereocenters. The Hall–Kier alpha value is -1.81. The number of thiophene rings is 1. The van der Waals surface area contributed by atoms with Gasteiger partial charge in [0.25, 0.3) is 0 Å². The van der Waals surface area contributed by atoms with Gasteiger partial charge in [0.1, 0.15) is 12.6 Å². The molecule has 0 spiro atoms. The smallest absolute Gasteiger partial charge is 0.357 e. The van der Waals surface area contributed by atoms with Crippen LogP contribution in [-0.4, -0.2) is 84.6 Å². The average molecular weight is 432 g/mol. The lowest BCUT2D eigenvalue weighted by atomic mass is 10.1. The highest BCUT2D eigenvalue weighted by atomic mass is 32.1. The molecule has 10 heteroatoms. The Bertz CT molecular complexity index is 728. The topological polar surface area (TPSA) is 51.2 Å². The van der Waals surface area contributed by atoms with Crippen LogP contribution in [0.25, 0.3) is 0 Å². The molecule has 1 unspecified atom stereocenters. The Kier molecular flexibility index (Phi) is 7.05. The van der Waals surface area contributed by atoms with Gasteiger partial charge in [-0.1, -0.05) is 0 Å². The second-order valence-corrected chi connectivity index (χ2v) is 8.35. The number of nitrogens with one attached hydrogen (secondary N) is 1. The highest BCUT2D eigenvalue weighted by Crippen LogP contribution is 2.25. The maximum absolute atomic E-state index is 12.9. The van der Waals surface area contributed by atoms with Gasteiger partial charge in [0, 0.05) is 50.7 Å². The summed E-state index contributed by atoms with van der Waals surface area (Å²) in [6, 6.07) is 0.612. The van der Waals surface area contributed by atoms with Crippen LogP contribution in [0.1, 0.15) is 24.3 Å². The molecule has 0 bridgehead atoms. The molecule has 6 nitrogen and oxygen atoms in total. The molecule has 3 heterocycles. The second kappa shape index (κ2) is 9.34. The van der Waals surface area contributed by atoms with E-state index in [2.05, 4.69) is 21.8 Å². The number of hydrogen-bond donors (Lipinski definition) is 1. The number of aliphatic imine (C=N–C) groups is 1. The van der Waals surface area contributed by atoms with Crippen LogP contribution < -0.4 is 5.32 Å². The van der Waals surface area contributed by atoms with E-state index < -0.39 is 12.2 Å². The van der Waals surface area contributed by atoms with Gasteiger partial charge in [0.15, 0.2) is 5.96 Å². The summed E-state index contributed by atoms with van der Waals surface area (Å²) in [5, 5.41) is 5.22. The Morgan fingerprint density at radius 2 is 1.97 bits per heavy atom. The normalized spacial score (nSPS) is 19.8. The first-order valence-corrected chi connectivity index (χ1v) is 10.8. The van der Waals surface area contributed by atoms with Gasteiger partial charge in [0.2, 0.25) is 5.91 Å². The molecule has 1 saturated heterocycles. The van der Waals surface area contributed by atoms with Gasteiger partial charge in [-0.05, 0) is 37.3 Å². The molecule has 1 amide bonds. The zero-order chi connectivity index (χ0) is 21.0. The van der Waals surface area contributed by atoms with Crippen molar-refractivity contribution in [2.24, 2.45) is 4.99 Å². The maximum Gasteiger partial charge on any atom is 0.403 e. The molecule has 1 aromatic rings. The Morgan fingerprint density at radius 3 is 2.62 bits per heavy atom. The summed E-state index contributed by atoms with van der Waals surface area (Å²) in [6.07, 6.45) is -3.34. The summed E-state index contributed by atoms with van der Waals surface area (Å²) in [5.41, 5.74) is 1.21. The van der Waals surface area contributed by atoms with Gasteiger partial charge < -0.3 is 15.1 Å². The predicted octanol–water partition coefficient (Wildman–Crippen LogP) is 2.17. The molecule has 2 aliphatic heterocycles. The number of fused-ring (bicyclic) bond motifs is 1. The zero-order valence-corrected chi connectivity index (χ0v) is 17.7. The quantitative estimate of drug-likeness (QED) is 0.587. The zero-order valence-electron chi connectivity index (χ0n) is 16.8. The third kappa shape index (κ3) is 5.42. The SMILES string of the molecule is CCNC(=NCC(=O)N1CCc2sccc2C1)N1CCN(C(C)C(F)(F)F)CC1. The van der Waals surface area contributed by atoms with E-state index in [0.717, 1.165) is 6.42 Å². The summed E-state index contributed by atoms with van der Waals surface area (Å²) in [6.45, 7) is 6.65. The molecule has 3 rings (SSSR count). The number of carbonyl (C=O) groups excluding carboxylic acids is 1. The minimum atomic E-state index is -4.22. The monoisotopic (exact) mass is 431 g/mol. The largest absolute Gasteiger partial charge is 0.403 e. The Balaban J connectivity index is 1.56. The number of guanidine groups is 1. The summed E-state index contributed by atoms with van der Waals surface area (Å²) in [5.74, 6) is 0.565. The lowest BCUT2D eigenvalue weighted by Gasteiger charge is -2.39. The fraction of sp³-hybridized carbons (Fsp3) is 0.684.